The summed E-state index contributed by atoms with van der Waals surface area (Å²) in [4.78, 5) is 14.9. The highest BCUT2D eigenvalue weighted by Crippen LogP contribution is 2.51. The predicted molar refractivity (Wildman–Crippen MR) is 121 cm³/mol. The largest absolute Gasteiger partial charge is 0.504 e. The molecular formula is C24H29NO10. The molecule has 0 aromatic heterocycles. The molecule has 1 aliphatic carbocycles. The third kappa shape index (κ3) is 4.05. The zero-order valence-electron chi connectivity index (χ0n) is 19.4. The van der Waals surface area contributed by atoms with E-state index < -0.39 is 40.5 Å². The number of ketones is 1. The van der Waals surface area contributed by atoms with Crippen LogP contribution in [0.25, 0.3) is 0 Å². The molecule has 1 atom stereocenters. The van der Waals surface area contributed by atoms with Crippen LogP contribution in [-0.2, 0) is 12.3 Å². The van der Waals surface area contributed by atoms with E-state index in [1.54, 1.807) is 0 Å². The van der Waals surface area contributed by atoms with E-state index in [0.29, 0.717) is 37.4 Å². The van der Waals surface area contributed by atoms with Crippen molar-refractivity contribution in [2.24, 2.45) is 11.8 Å². The van der Waals surface area contributed by atoms with Gasteiger partial charge < -0.3 is 45.2 Å². The van der Waals surface area contributed by atoms with Gasteiger partial charge in [-0.05, 0) is 50.4 Å². The number of nitrogens with zero attached hydrogens (tertiary/aromatic N) is 1. The van der Waals surface area contributed by atoms with Gasteiger partial charge in [-0.15, -0.1) is 0 Å². The van der Waals surface area contributed by atoms with Crippen molar-refractivity contribution in [3.63, 3.8) is 0 Å². The summed E-state index contributed by atoms with van der Waals surface area (Å²) >= 11 is 0. The lowest BCUT2D eigenvalue weighted by Crippen LogP contribution is -2.38. The summed E-state index contributed by atoms with van der Waals surface area (Å²) in [7, 11) is 2.85. The standard InChI is InChI=1S/C24H29NO10/c1-34-16-8-12-14(9-17(16)35-2)24(32,33)15(18(12)26)7-11-3-5-25(6-4-11)10-13-19(27)21(29)23(31)22(30)20(13)28/h8-9,11,15,27-33H,3-7,10H2,1-2H3. The van der Waals surface area contributed by atoms with Gasteiger partial charge in [0.15, 0.2) is 28.8 Å². The minimum Gasteiger partial charge on any atom is -0.504 e. The Hall–Kier alpha value is -3.41. The van der Waals surface area contributed by atoms with Gasteiger partial charge in [0, 0.05) is 17.7 Å². The molecule has 0 radical (unpaired) electrons. The van der Waals surface area contributed by atoms with E-state index in [4.69, 9.17) is 9.47 Å². The first-order valence-electron chi connectivity index (χ1n) is 11.2. The number of likely N-dealkylation sites (tertiary alicyclic amines) is 1. The molecule has 0 amide bonds. The van der Waals surface area contributed by atoms with Gasteiger partial charge in [0.25, 0.3) is 0 Å². The van der Waals surface area contributed by atoms with E-state index in [1.807, 2.05) is 4.90 Å². The molecule has 0 saturated carbocycles. The maximum Gasteiger partial charge on any atom is 0.208 e. The Balaban J connectivity index is 1.45. The van der Waals surface area contributed by atoms with E-state index in [-0.39, 0.29) is 41.4 Å². The molecule has 1 saturated heterocycles. The fraction of sp³-hybridized carbons (Fsp3) is 0.458. The number of aliphatic hydroxyl groups is 2. The van der Waals surface area contributed by atoms with Gasteiger partial charge in [0.1, 0.15) is 0 Å². The number of hydrogen-bond donors (Lipinski definition) is 7. The van der Waals surface area contributed by atoms with Crippen molar-refractivity contribution in [1.82, 2.24) is 4.90 Å². The van der Waals surface area contributed by atoms with Crippen LogP contribution in [0.4, 0.5) is 0 Å². The second kappa shape index (κ2) is 8.99. The quantitative estimate of drug-likeness (QED) is 0.177. The van der Waals surface area contributed by atoms with Gasteiger partial charge >= 0.3 is 0 Å². The van der Waals surface area contributed by atoms with Crippen molar-refractivity contribution in [1.29, 1.82) is 0 Å². The summed E-state index contributed by atoms with van der Waals surface area (Å²) in [5.74, 6) is -7.43. The Morgan fingerprint density at radius 3 is 1.94 bits per heavy atom. The van der Waals surface area contributed by atoms with Crippen LogP contribution in [0, 0.1) is 11.8 Å². The first-order chi connectivity index (χ1) is 16.5. The number of benzene rings is 2. The van der Waals surface area contributed by atoms with Crippen molar-refractivity contribution in [3.8, 4) is 40.2 Å². The molecule has 1 heterocycles. The molecule has 11 heteroatoms. The topological polar surface area (TPSA) is 180 Å². The summed E-state index contributed by atoms with van der Waals surface area (Å²) in [6.45, 7) is 0.986. The molecule has 0 bridgehead atoms. The summed E-state index contributed by atoms with van der Waals surface area (Å²) in [6, 6.07) is 2.87. The van der Waals surface area contributed by atoms with Gasteiger partial charge in [-0.3, -0.25) is 9.69 Å². The normalized spacial score (nSPS) is 20.1. The van der Waals surface area contributed by atoms with E-state index >= 15 is 0 Å². The number of carbonyl (C=O) groups excluding carboxylic acids is 1. The average Bonchev–Trinajstić information content (AvgIpc) is 3.04. The predicted octanol–water partition coefficient (Wildman–Crippen LogP) is 1.48. The Kier molecular flexibility index (Phi) is 6.34. The smallest absolute Gasteiger partial charge is 0.208 e. The molecule has 1 fully saturated rings. The fourth-order valence-corrected chi connectivity index (χ4v) is 5.04. The molecule has 1 unspecified atom stereocenters. The second-order valence-electron chi connectivity index (χ2n) is 9.07. The highest BCUT2D eigenvalue weighted by atomic mass is 16.5. The summed E-state index contributed by atoms with van der Waals surface area (Å²) in [5, 5.41) is 71.0. The maximum atomic E-state index is 13.1. The number of ether oxygens (including phenoxy) is 2. The van der Waals surface area contributed by atoms with E-state index in [9.17, 15) is 40.5 Å². The van der Waals surface area contributed by atoms with Crippen molar-refractivity contribution in [3.05, 3.63) is 28.8 Å². The van der Waals surface area contributed by atoms with Crippen molar-refractivity contribution in [2.75, 3.05) is 27.3 Å². The molecule has 2 aromatic carbocycles. The van der Waals surface area contributed by atoms with Crippen LogP contribution in [0.3, 0.4) is 0 Å². The van der Waals surface area contributed by atoms with Gasteiger partial charge in [-0.25, -0.2) is 0 Å². The number of rotatable bonds is 6. The minimum absolute atomic E-state index is 0.000737. The van der Waals surface area contributed by atoms with Crippen LogP contribution in [0.15, 0.2) is 12.1 Å². The van der Waals surface area contributed by atoms with Crippen molar-refractivity contribution < 1.29 is 50.0 Å². The SMILES string of the molecule is COc1cc2c(cc1OC)C(O)(O)C(CC1CCN(Cc3c(O)c(O)c(O)c(O)c3O)CC1)C2=O. The number of hydrogen-bond acceptors (Lipinski definition) is 11. The monoisotopic (exact) mass is 491 g/mol. The first-order valence-corrected chi connectivity index (χ1v) is 11.2. The lowest BCUT2D eigenvalue weighted by molar-refractivity contribution is -0.195. The molecule has 7 N–H and O–H groups in total. The highest BCUT2D eigenvalue weighted by molar-refractivity contribution is 6.04. The molecule has 0 spiro atoms. The lowest BCUT2D eigenvalue weighted by atomic mass is 9.83. The number of carbonyl (C=O) groups is 1. The molecule has 1 aliphatic heterocycles. The molecule has 2 aromatic rings. The first kappa shape index (κ1) is 24.7. The minimum atomic E-state index is -2.35. The van der Waals surface area contributed by atoms with Crippen LogP contribution in [-0.4, -0.2) is 73.7 Å². The Morgan fingerprint density at radius 2 is 1.40 bits per heavy atom. The van der Waals surface area contributed by atoms with Gasteiger partial charge in [0.05, 0.1) is 25.7 Å². The molecular weight excluding hydrogens is 462 g/mol. The third-order valence-electron chi connectivity index (χ3n) is 7.11. The van der Waals surface area contributed by atoms with E-state index in [2.05, 4.69) is 0 Å². The number of Topliss-reactive ketones (excluding diaryl/α,β-unsaturated/α-hetero) is 1. The number of aromatic hydroxyl groups is 5. The third-order valence-corrected chi connectivity index (χ3v) is 7.11. The Morgan fingerprint density at radius 1 is 0.886 bits per heavy atom. The van der Waals surface area contributed by atoms with Crippen molar-refractivity contribution >= 4 is 5.78 Å². The number of fused-ring (bicyclic) bond motifs is 1. The highest BCUT2D eigenvalue weighted by Gasteiger charge is 2.51. The van der Waals surface area contributed by atoms with Crippen LogP contribution < -0.4 is 9.47 Å². The molecule has 190 valence electrons. The number of phenols is 5. The van der Waals surface area contributed by atoms with Gasteiger partial charge in [-0.1, -0.05) is 0 Å². The zero-order valence-corrected chi connectivity index (χ0v) is 19.4. The van der Waals surface area contributed by atoms with Gasteiger partial charge in [-0.2, -0.15) is 0 Å². The number of methoxy groups -OCH3 is 2. The Bertz CT molecular complexity index is 1120. The van der Waals surface area contributed by atoms with E-state index in [0.717, 1.165) is 0 Å². The molecule has 4 rings (SSSR count). The fourth-order valence-electron chi connectivity index (χ4n) is 5.04. The van der Waals surface area contributed by atoms with E-state index in [1.165, 1.54) is 26.4 Å². The summed E-state index contributed by atoms with van der Waals surface area (Å²) < 4.78 is 10.5. The van der Waals surface area contributed by atoms with Crippen molar-refractivity contribution in [2.45, 2.75) is 31.6 Å². The zero-order chi connectivity index (χ0) is 25.7. The molecule has 11 nitrogen and oxygen atoms in total. The van der Waals surface area contributed by atoms with Gasteiger partial charge in [0.2, 0.25) is 23.0 Å². The number of piperidine rings is 1. The van der Waals surface area contributed by atoms with Crippen LogP contribution in [0.2, 0.25) is 0 Å². The summed E-state index contributed by atoms with van der Waals surface area (Å²) in [5.41, 5.74) is 0.152. The average molecular weight is 491 g/mol. The molecule has 35 heavy (non-hydrogen) atoms. The van der Waals surface area contributed by atoms with Crippen LogP contribution >= 0.6 is 0 Å². The number of phenolic OH excluding ortho intramolecular Hbond substituents is 5. The summed E-state index contributed by atoms with van der Waals surface area (Å²) in [6.07, 6.45) is 1.44. The van der Waals surface area contributed by atoms with Crippen LogP contribution in [0.1, 0.15) is 40.7 Å². The maximum absolute atomic E-state index is 13.1. The van der Waals surface area contributed by atoms with Crippen LogP contribution in [0.5, 0.6) is 40.2 Å². The lowest BCUT2D eigenvalue weighted by Gasteiger charge is -2.34. The Labute approximate surface area is 201 Å². The second-order valence-corrected chi connectivity index (χ2v) is 9.07. The molecule has 2 aliphatic rings.